The molecule has 0 saturated carbocycles. The van der Waals surface area contributed by atoms with E-state index in [2.05, 4.69) is 4.72 Å². The van der Waals surface area contributed by atoms with Crippen LogP contribution in [0.25, 0.3) is 0 Å². The fourth-order valence-electron chi connectivity index (χ4n) is 1.99. The summed E-state index contributed by atoms with van der Waals surface area (Å²) in [5.74, 6) is 0. The highest BCUT2D eigenvalue weighted by atomic mass is 32.2. The molecule has 0 bridgehead atoms. The van der Waals surface area contributed by atoms with E-state index in [0.29, 0.717) is 5.69 Å². The number of nitrogen functional groups attached to an aromatic ring is 1. The molecule has 5 heteroatoms. The van der Waals surface area contributed by atoms with Crippen LogP contribution in [0, 0.1) is 13.8 Å². The lowest BCUT2D eigenvalue weighted by Gasteiger charge is -2.17. The van der Waals surface area contributed by atoms with Crippen LogP contribution in [-0.2, 0) is 10.0 Å². The molecule has 0 amide bonds. The lowest BCUT2D eigenvalue weighted by Crippen LogP contribution is -2.34. The van der Waals surface area contributed by atoms with Crippen molar-refractivity contribution >= 4 is 15.7 Å². The first-order chi connectivity index (χ1) is 8.81. The van der Waals surface area contributed by atoms with Crippen molar-refractivity contribution in [3.8, 4) is 0 Å². The van der Waals surface area contributed by atoms with Crippen LogP contribution in [0.3, 0.4) is 0 Å². The van der Waals surface area contributed by atoms with Crippen molar-refractivity contribution < 1.29 is 8.42 Å². The van der Waals surface area contributed by atoms with Crippen LogP contribution in [-0.4, -0.2) is 14.5 Å². The molecular formula is C14H24N2O2S. The zero-order chi connectivity index (χ0) is 14.6. The quantitative estimate of drug-likeness (QED) is 0.789. The SMILES string of the molecule is CCCC(CC)NS(=O)(=O)c1cc(C)c(C)c(N)c1. The van der Waals surface area contributed by atoms with E-state index in [0.717, 1.165) is 30.4 Å². The van der Waals surface area contributed by atoms with Gasteiger partial charge in [-0.05, 0) is 49.9 Å². The summed E-state index contributed by atoms with van der Waals surface area (Å²) in [6, 6.07) is 3.19. The van der Waals surface area contributed by atoms with E-state index in [1.165, 1.54) is 6.07 Å². The zero-order valence-electron chi connectivity index (χ0n) is 12.2. The van der Waals surface area contributed by atoms with E-state index in [1.807, 2.05) is 27.7 Å². The van der Waals surface area contributed by atoms with Gasteiger partial charge in [-0.1, -0.05) is 20.3 Å². The minimum atomic E-state index is -3.49. The molecule has 0 fully saturated rings. The van der Waals surface area contributed by atoms with Crippen LogP contribution in [0.5, 0.6) is 0 Å². The van der Waals surface area contributed by atoms with Gasteiger partial charge in [-0.3, -0.25) is 0 Å². The first-order valence-corrected chi connectivity index (χ1v) is 8.19. The summed E-state index contributed by atoms with van der Waals surface area (Å²) >= 11 is 0. The van der Waals surface area contributed by atoms with E-state index >= 15 is 0 Å². The fourth-order valence-corrected chi connectivity index (χ4v) is 3.46. The topological polar surface area (TPSA) is 72.2 Å². The maximum absolute atomic E-state index is 12.3. The minimum Gasteiger partial charge on any atom is -0.398 e. The standard InChI is InChI=1S/C14H24N2O2S/c1-5-7-12(6-2)16-19(17,18)13-8-10(3)11(4)14(15)9-13/h8-9,12,16H,5-7,15H2,1-4H3. The molecule has 0 aliphatic rings. The second-order valence-corrected chi connectivity index (χ2v) is 6.68. The number of hydrogen-bond donors (Lipinski definition) is 2. The first-order valence-electron chi connectivity index (χ1n) is 6.70. The first kappa shape index (κ1) is 16.0. The van der Waals surface area contributed by atoms with Crippen molar-refractivity contribution in [1.82, 2.24) is 4.72 Å². The zero-order valence-corrected chi connectivity index (χ0v) is 13.0. The highest BCUT2D eigenvalue weighted by Gasteiger charge is 2.19. The van der Waals surface area contributed by atoms with Crippen LogP contribution in [0.1, 0.15) is 44.2 Å². The van der Waals surface area contributed by atoms with Crippen LogP contribution in [0.2, 0.25) is 0 Å². The summed E-state index contributed by atoms with van der Waals surface area (Å²) in [5, 5.41) is 0. The average Bonchev–Trinajstić information content (AvgIpc) is 2.34. The smallest absolute Gasteiger partial charge is 0.240 e. The van der Waals surface area contributed by atoms with Gasteiger partial charge in [-0.15, -0.1) is 0 Å². The van der Waals surface area contributed by atoms with Gasteiger partial charge >= 0.3 is 0 Å². The van der Waals surface area contributed by atoms with E-state index < -0.39 is 10.0 Å². The molecule has 0 spiro atoms. The van der Waals surface area contributed by atoms with Gasteiger partial charge in [0.25, 0.3) is 0 Å². The number of rotatable bonds is 6. The Hall–Kier alpha value is -1.07. The molecule has 108 valence electrons. The van der Waals surface area contributed by atoms with E-state index in [4.69, 9.17) is 5.73 Å². The van der Waals surface area contributed by atoms with Gasteiger partial charge in [0.1, 0.15) is 0 Å². The Balaban J connectivity index is 3.07. The monoisotopic (exact) mass is 284 g/mol. The second kappa shape index (κ2) is 6.39. The number of anilines is 1. The molecule has 0 aliphatic heterocycles. The molecule has 0 aliphatic carbocycles. The largest absolute Gasteiger partial charge is 0.398 e. The van der Waals surface area contributed by atoms with Crippen LogP contribution in [0.15, 0.2) is 17.0 Å². The average molecular weight is 284 g/mol. The Kier molecular flexibility index (Phi) is 5.38. The van der Waals surface area contributed by atoms with Gasteiger partial charge in [0, 0.05) is 11.7 Å². The van der Waals surface area contributed by atoms with Gasteiger partial charge in [0.2, 0.25) is 10.0 Å². The molecule has 19 heavy (non-hydrogen) atoms. The molecule has 4 nitrogen and oxygen atoms in total. The Bertz CT molecular complexity index is 515. The van der Waals surface area contributed by atoms with Crippen molar-refractivity contribution in [2.75, 3.05) is 5.73 Å². The molecule has 0 saturated heterocycles. The molecule has 0 radical (unpaired) electrons. The number of benzene rings is 1. The fraction of sp³-hybridized carbons (Fsp3) is 0.571. The minimum absolute atomic E-state index is 0.0159. The molecule has 3 N–H and O–H groups in total. The van der Waals surface area contributed by atoms with Gasteiger partial charge in [0.15, 0.2) is 0 Å². The van der Waals surface area contributed by atoms with Gasteiger partial charge < -0.3 is 5.73 Å². The van der Waals surface area contributed by atoms with E-state index in [9.17, 15) is 8.42 Å². The summed E-state index contributed by atoms with van der Waals surface area (Å²) in [5.41, 5.74) is 8.19. The number of aryl methyl sites for hydroxylation is 1. The number of sulfonamides is 1. The normalized spacial score (nSPS) is 13.5. The molecule has 1 aromatic carbocycles. The van der Waals surface area contributed by atoms with E-state index in [-0.39, 0.29) is 10.9 Å². The Morgan fingerprint density at radius 3 is 2.37 bits per heavy atom. The van der Waals surface area contributed by atoms with Crippen molar-refractivity contribution in [1.29, 1.82) is 0 Å². The molecule has 0 heterocycles. The molecule has 1 unspecified atom stereocenters. The maximum Gasteiger partial charge on any atom is 0.240 e. The molecule has 1 atom stereocenters. The summed E-state index contributed by atoms with van der Waals surface area (Å²) in [6.07, 6.45) is 2.58. The summed E-state index contributed by atoms with van der Waals surface area (Å²) in [7, 11) is -3.49. The lowest BCUT2D eigenvalue weighted by molar-refractivity contribution is 0.512. The van der Waals surface area contributed by atoms with Crippen molar-refractivity contribution in [2.45, 2.75) is 57.9 Å². The molecule has 1 rings (SSSR count). The number of nitrogens with two attached hydrogens (primary N) is 1. The predicted octanol–water partition coefficient (Wildman–Crippen LogP) is 2.74. The number of nitrogens with one attached hydrogen (secondary N) is 1. The van der Waals surface area contributed by atoms with Gasteiger partial charge in [-0.25, -0.2) is 13.1 Å². The van der Waals surface area contributed by atoms with Crippen molar-refractivity contribution in [3.05, 3.63) is 23.3 Å². The third-order valence-corrected chi connectivity index (χ3v) is 4.94. The van der Waals surface area contributed by atoms with Gasteiger partial charge in [0.05, 0.1) is 4.90 Å². The predicted molar refractivity (Wildman–Crippen MR) is 79.6 cm³/mol. The summed E-state index contributed by atoms with van der Waals surface area (Å²) in [6.45, 7) is 7.79. The highest BCUT2D eigenvalue weighted by Crippen LogP contribution is 2.22. The van der Waals surface area contributed by atoms with Crippen molar-refractivity contribution in [3.63, 3.8) is 0 Å². The van der Waals surface area contributed by atoms with Crippen LogP contribution in [0.4, 0.5) is 5.69 Å². The second-order valence-electron chi connectivity index (χ2n) is 4.97. The highest BCUT2D eigenvalue weighted by molar-refractivity contribution is 7.89. The lowest BCUT2D eigenvalue weighted by atomic mass is 10.1. The van der Waals surface area contributed by atoms with Crippen LogP contribution >= 0.6 is 0 Å². The van der Waals surface area contributed by atoms with E-state index in [1.54, 1.807) is 6.07 Å². The van der Waals surface area contributed by atoms with Crippen LogP contribution < -0.4 is 10.5 Å². The Morgan fingerprint density at radius 2 is 1.89 bits per heavy atom. The third kappa shape index (κ3) is 3.94. The van der Waals surface area contributed by atoms with Gasteiger partial charge in [-0.2, -0.15) is 0 Å². The maximum atomic E-state index is 12.3. The molecular weight excluding hydrogens is 260 g/mol. The molecule has 0 aromatic heterocycles. The Labute approximate surface area is 116 Å². The Morgan fingerprint density at radius 1 is 1.26 bits per heavy atom. The van der Waals surface area contributed by atoms with Crippen molar-refractivity contribution in [2.24, 2.45) is 0 Å². The third-order valence-electron chi connectivity index (χ3n) is 3.44. The molecule has 1 aromatic rings. The summed E-state index contributed by atoms with van der Waals surface area (Å²) < 4.78 is 27.4. The number of hydrogen-bond acceptors (Lipinski definition) is 3. The summed E-state index contributed by atoms with van der Waals surface area (Å²) in [4.78, 5) is 0.252.